The van der Waals surface area contributed by atoms with Crippen LogP contribution < -0.4 is 0 Å². The number of imide groups is 3. The molecule has 0 saturated carbocycles. The van der Waals surface area contributed by atoms with E-state index in [4.69, 9.17) is 4.74 Å². The lowest BCUT2D eigenvalue weighted by Gasteiger charge is -2.36. The minimum absolute atomic E-state index is 0.126. The number of amides is 3. The van der Waals surface area contributed by atoms with Crippen molar-refractivity contribution in [3.8, 4) is 5.75 Å². The summed E-state index contributed by atoms with van der Waals surface area (Å²) in [5, 5.41) is 31.7. The van der Waals surface area contributed by atoms with Gasteiger partial charge in [0.05, 0.1) is 38.3 Å². The third kappa shape index (κ3) is 5.53. The molecule has 9 heteroatoms. The van der Waals surface area contributed by atoms with Gasteiger partial charge < -0.3 is 24.8 Å². The number of benzene rings is 1. The summed E-state index contributed by atoms with van der Waals surface area (Å²) < 4.78 is 9.94. The summed E-state index contributed by atoms with van der Waals surface area (Å²) >= 11 is 0. The van der Waals surface area contributed by atoms with Gasteiger partial charge >= 0.3 is 6.09 Å². The molecule has 0 bridgehead atoms. The quantitative estimate of drug-likeness (QED) is 0.329. The highest BCUT2D eigenvalue weighted by Crippen LogP contribution is 2.46. The number of aliphatic hydroxyl groups is 2. The summed E-state index contributed by atoms with van der Waals surface area (Å²) in [6.45, 7) is 1.71. The largest absolute Gasteiger partial charge is 0.507 e. The lowest BCUT2D eigenvalue weighted by molar-refractivity contribution is -0.137. The molecule has 3 amide bonds. The minimum Gasteiger partial charge on any atom is -0.507 e. The van der Waals surface area contributed by atoms with Gasteiger partial charge in [-0.15, -0.1) is 0 Å². The number of para-hydroxylation sites is 1. The van der Waals surface area contributed by atoms with Crippen LogP contribution in [0.25, 0.3) is 6.08 Å². The van der Waals surface area contributed by atoms with Crippen molar-refractivity contribution < 1.29 is 39.2 Å². The van der Waals surface area contributed by atoms with Crippen molar-refractivity contribution in [2.75, 3.05) is 27.4 Å². The van der Waals surface area contributed by atoms with E-state index in [2.05, 4.69) is 4.74 Å². The van der Waals surface area contributed by atoms with Crippen molar-refractivity contribution in [3.63, 3.8) is 0 Å². The summed E-state index contributed by atoms with van der Waals surface area (Å²) in [5.41, 5.74) is 2.89. The number of fused-ring (bicyclic) bond motifs is 1. The number of phenolic OH excluding ortho intramolecular Hbond substituents is 1. The predicted molar refractivity (Wildman–Crippen MR) is 132 cm³/mol. The van der Waals surface area contributed by atoms with Crippen LogP contribution in [0.1, 0.15) is 44.6 Å². The normalized spacial score (nSPS) is 23.2. The molecule has 1 heterocycles. The molecule has 0 spiro atoms. The maximum atomic E-state index is 13.1. The van der Waals surface area contributed by atoms with Crippen LogP contribution in [0.15, 0.2) is 41.0 Å². The van der Waals surface area contributed by atoms with E-state index in [0.29, 0.717) is 34.5 Å². The van der Waals surface area contributed by atoms with Crippen LogP contribution in [-0.2, 0) is 19.1 Å². The molecule has 1 fully saturated rings. The molecule has 196 valence electrons. The predicted octanol–water partition coefficient (Wildman–Crippen LogP) is 3.04. The van der Waals surface area contributed by atoms with Crippen LogP contribution in [0.3, 0.4) is 0 Å². The molecule has 0 aromatic heterocycles. The van der Waals surface area contributed by atoms with Gasteiger partial charge in [0.2, 0.25) is 11.8 Å². The van der Waals surface area contributed by atoms with Crippen LogP contribution in [0.4, 0.5) is 4.79 Å². The fraction of sp³-hybridized carbons (Fsp3) is 0.519. The Morgan fingerprint density at radius 2 is 1.92 bits per heavy atom. The fourth-order valence-corrected chi connectivity index (χ4v) is 5.43. The first-order valence-electron chi connectivity index (χ1n) is 12.2. The number of likely N-dealkylation sites (tertiary alicyclic amines) is 1. The number of hydrogen-bond donors (Lipinski definition) is 3. The highest BCUT2D eigenvalue weighted by molar-refractivity contribution is 6.16. The summed E-state index contributed by atoms with van der Waals surface area (Å²) in [4.78, 5) is 38.6. The van der Waals surface area contributed by atoms with E-state index in [1.165, 1.54) is 7.11 Å². The van der Waals surface area contributed by atoms with Crippen LogP contribution in [-0.4, -0.2) is 71.7 Å². The van der Waals surface area contributed by atoms with Crippen LogP contribution in [0.2, 0.25) is 0 Å². The van der Waals surface area contributed by atoms with Crippen molar-refractivity contribution in [3.05, 3.63) is 46.5 Å². The van der Waals surface area contributed by atoms with E-state index in [1.807, 2.05) is 25.1 Å². The average Bonchev–Trinajstić information content (AvgIpc) is 3.12. The van der Waals surface area contributed by atoms with E-state index in [-0.39, 0.29) is 18.8 Å². The Bertz CT molecular complexity index is 1050. The van der Waals surface area contributed by atoms with E-state index >= 15 is 0 Å². The monoisotopic (exact) mass is 501 g/mol. The first-order valence-corrected chi connectivity index (χ1v) is 12.2. The van der Waals surface area contributed by atoms with E-state index in [9.17, 15) is 29.7 Å². The standard InChI is InChI=1S/C27H35NO8/c1-4-7-16(12-17-8-5-6-9-21(17)30)10-11-22(31)23-18(15-35-2)13-19-24(20(23)14-29)26(33)28(25(19)32)27(34)36-3/h5-6,8-9,12,19-20,22,24,29-31H,4,7,10-11,13-15H2,1-3H3/b16-12+/t19-,20+,22-,24-/m1/s1. The summed E-state index contributed by atoms with van der Waals surface area (Å²) in [6, 6.07) is 7.03. The van der Waals surface area contributed by atoms with Crippen molar-refractivity contribution in [2.45, 2.75) is 45.1 Å². The molecule has 3 rings (SSSR count). The van der Waals surface area contributed by atoms with E-state index in [1.54, 1.807) is 12.1 Å². The molecular formula is C27H35NO8. The molecule has 1 saturated heterocycles. The Balaban J connectivity index is 1.89. The molecule has 0 unspecified atom stereocenters. The number of nitrogens with zero attached hydrogens (tertiary/aromatic N) is 1. The molecule has 9 nitrogen and oxygen atoms in total. The lowest BCUT2D eigenvalue weighted by atomic mass is 9.68. The Morgan fingerprint density at radius 1 is 1.19 bits per heavy atom. The Morgan fingerprint density at radius 3 is 2.53 bits per heavy atom. The molecule has 1 aliphatic carbocycles. The lowest BCUT2D eigenvalue weighted by Crippen LogP contribution is -2.40. The molecule has 1 aromatic rings. The second-order valence-electron chi connectivity index (χ2n) is 9.27. The van der Waals surface area contributed by atoms with Gasteiger partial charge in [-0.05, 0) is 42.9 Å². The molecule has 0 radical (unpaired) electrons. The molecule has 1 aliphatic heterocycles. The number of rotatable bonds is 10. The number of aliphatic hydroxyl groups excluding tert-OH is 2. The topological polar surface area (TPSA) is 134 Å². The number of allylic oxidation sites excluding steroid dienone is 1. The van der Waals surface area contributed by atoms with Gasteiger partial charge in [-0.2, -0.15) is 4.90 Å². The number of hydrogen-bond acceptors (Lipinski definition) is 8. The average molecular weight is 502 g/mol. The van der Waals surface area contributed by atoms with Gasteiger partial charge in [0, 0.05) is 18.6 Å². The molecule has 2 aliphatic rings. The summed E-state index contributed by atoms with van der Waals surface area (Å²) in [6.07, 6.45) is 2.53. The maximum absolute atomic E-state index is 13.1. The smallest absolute Gasteiger partial charge is 0.423 e. The van der Waals surface area contributed by atoms with Gasteiger partial charge in [0.25, 0.3) is 0 Å². The van der Waals surface area contributed by atoms with Crippen molar-refractivity contribution in [2.24, 2.45) is 17.8 Å². The van der Waals surface area contributed by atoms with Crippen LogP contribution in [0.5, 0.6) is 5.75 Å². The Kier molecular flexibility index (Phi) is 9.42. The van der Waals surface area contributed by atoms with Gasteiger partial charge in [0.1, 0.15) is 5.75 Å². The van der Waals surface area contributed by atoms with Gasteiger partial charge in [-0.25, -0.2) is 4.79 Å². The van der Waals surface area contributed by atoms with Crippen molar-refractivity contribution in [1.29, 1.82) is 0 Å². The van der Waals surface area contributed by atoms with Crippen molar-refractivity contribution in [1.82, 2.24) is 4.90 Å². The number of carbonyl (C=O) groups excluding carboxylic acids is 3. The zero-order valence-corrected chi connectivity index (χ0v) is 21.0. The third-order valence-corrected chi connectivity index (χ3v) is 7.02. The number of carbonyl (C=O) groups is 3. The maximum Gasteiger partial charge on any atom is 0.423 e. The van der Waals surface area contributed by atoms with Gasteiger partial charge in [-0.3, -0.25) is 9.59 Å². The number of methoxy groups -OCH3 is 2. The van der Waals surface area contributed by atoms with Gasteiger partial charge in [0.15, 0.2) is 0 Å². The number of ether oxygens (including phenoxy) is 2. The third-order valence-electron chi connectivity index (χ3n) is 7.02. The van der Waals surface area contributed by atoms with Crippen LogP contribution >= 0.6 is 0 Å². The molecule has 4 atom stereocenters. The highest BCUT2D eigenvalue weighted by atomic mass is 16.5. The minimum atomic E-state index is -1.05. The second-order valence-corrected chi connectivity index (χ2v) is 9.27. The van der Waals surface area contributed by atoms with E-state index in [0.717, 1.165) is 25.5 Å². The van der Waals surface area contributed by atoms with Crippen molar-refractivity contribution >= 4 is 24.0 Å². The molecule has 3 N–H and O–H groups in total. The molecule has 36 heavy (non-hydrogen) atoms. The fourth-order valence-electron chi connectivity index (χ4n) is 5.43. The zero-order chi connectivity index (χ0) is 26.4. The van der Waals surface area contributed by atoms with Crippen LogP contribution in [0, 0.1) is 17.8 Å². The number of aromatic hydroxyl groups is 1. The van der Waals surface area contributed by atoms with E-state index < -0.39 is 48.4 Å². The Hall–Kier alpha value is -3.01. The summed E-state index contributed by atoms with van der Waals surface area (Å²) in [7, 11) is 2.59. The molecule has 1 aromatic carbocycles. The second kappa shape index (κ2) is 12.3. The Labute approximate surface area is 211 Å². The first-order chi connectivity index (χ1) is 17.3. The highest BCUT2D eigenvalue weighted by Gasteiger charge is 2.57. The SMILES string of the molecule is CCC/C(=C\c1ccccc1O)CC[C@@H](O)C1=C(COC)C[C@H]2C(=O)N(C(=O)OC)C(=O)[C@H]2[C@H]1CO. The van der Waals surface area contributed by atoms with Gasteiger partial charge in [-0.1, -0.05) is 43.2 Å². The first kappa shape index (κ1) is 27.6. The summed E-state index contributed by atoms with van der Waals surface area (Å²) in [5.74, 6) is -3.82. The molecular weight excluding hydrogens is 466 g/mol. The number of phenols is 1. The zero-order valence-electron chi connectivity index (χ0n) is 21.0.